The summed E-state index contributed by atoms with van der Waals surface area (Å²) in [6.45, 7) is 2.16. The van der Waals surface area contributed by atoms with E-state index in [-0.39, 0.29) is 0 Å². The molecule has 0 amide bonds. The Morgan fingerprint density at radius 3 is 2.59 bits per heavy atom. The van der Waals surface area contributed by atoms with Crippen LogP contribution in [0.3, 0.4) is 0 Å². The summed E-state index contributed by atoms with van der Waals surface area (Å²) in [4.78, 5) is 4.06. The molecular formula is C16H15N. The molecule has 0 unspecified atom stereocenters. The minimum absolute atomic E-state index is 0.302. The number of benzene rings is 1. The van der Waals surface area contributed by atoms with E-state index >= 15 is 0 Å². The summed E-state index contributed by atoms with van der Waals surface area (Å²) in [6.07, 6.45) is 4.58. The lowest BCUT2D eigenvalue weighted by molar-refractivity contribution is 0.830. The van der Waals surface area contributed by atoms with Crippen molar-refractivity contribution < 1.29 is 0 Å². The third kappa shape index (κ3) is 3.19. The predicted octanol–water partition coefficient (Wildman–Crippen LogP) is 3.63. The second kappa shape index (κ2) is 5.86. The zero-order valence-corrected chi connectivity index (χ0v) is 9.93. The second-order valence-corrected chi connectivity index (χ2v) is 3.88. The Morgan fingerprint density at radius 2 is 1.94 bits per heavy atom. The summed E-state index contributed by atoms with van der Waals surface area (Å²) in [5.41, 5.74) is 2.26. The number of rotatable bonds is 2. The highest BCUT2D eigenvalue weighted by molar-refractivity contribution is 5.36. The molecule has 0 bridgehead atoms. The molecule has 1 aromatic heterocycles. The topological polar surface area (TPSA) is 12.9 Å². The molecule has 1 atom stereocenters. The molecule has 0 saturated heterocycles. The van der Waals surface area contributed by atoms with Gasteiger partial charge in [0.15, 0.2) is 0 Å². The first kappa shape index (κ1) is 11.4. The fourth-order valence-corrected chi connectivity index (χ4v) is 1.71. The van der Waals surface area contributed by atoms with Gasteiger partial charge in [0.2, 0.25) is 0 Å². The summed E-state index contributed by atoms with van der Waals surface area (Å²) >= 11 is 0. The van der Waals surface area contributed by atoms with Crippen molar-refractivity contribution in [1.82, 2.24) is 4.98 Å². The van der Waals surface area contributed by atoms with Crippen molar-refractivity contribution in [3.05, 3.63) is 66.0 Å². The van der Waals surface area contributed by atoms with Crippen LogP contribution in [0.5, 0.6) is 0 Å². The van der Waals surface area contributed by atoms with E-state index in [4.69, 9.17) is 0 Å². The quantitative estimate of drug-likeness (QED) is 0.706. The molecule has 0 radical (unpaired) electrons. The minimum Gasteiger partial charge on any atom is -0.263 e. The zero-order chi connectivity index (χ0) is 11.9. The Kier molecular flexibility index (Phi) is 3.94. The fourth-order valence-electron chi connectivity index (χ4n) is 1.71. The van der Waals surface area contributed by atoms with Gasteiger partial charge in [0.1, 0.15) is 0 Å². The van der Waals surface area contributed by atoms with Crippen LogP contribution < -0.4 is 0 Å². The Bertz CT molecular complexity index is 505. The molecule has 17 heavy (non-hydrogen) atoms. The average molecular weight is 221 g/mol. The summed E-state index contributed by atoms with van der Waals surface area (Å²) in [5, 5.41) is 0. The summed E-state index contributed by atoms with van der Waals surface area (Å²) < 4.78 is 0. The van der Waals surface area contributed by atoms with Crippen LogP contribution in [0.4, 0.5) is 0 Å². The van der Waals surface area contributed by atoms with Gasteiger partial charge >= 0.3 is 0 Å². The highest BCUT2D eigenvalue weighted by Gasteiger charge is 2.03. The van der Waals surface area contributed by atoms with Crippen LogP contribution in [-0.2, 0) is 0 Å². The van der Waals surface area contributed by atoms with Crippen molar-refractivity contribution in [2.45, 2.75) is 19.3 Å². The first-order chi connectivity index (χ1) is 8.40. The van der Waals surface area contributed by atoms with E-state index in [1.54, 1.807) is 12.4 Å². The number of hydrogen-bond donors (Lipinski definition) is 0. The van der Waals surface area contributed by atoms with Gasteiger partial charge in [-0.2, -0.15) is 0 Å². The van der Waals surface area contributed by atoms with E-state index in [2.05, 4.69) is 48.0 Å². The fraction of sp³-hybridized carbons (Fsp3) is 0.188. The van der Waals surface area contributed by atoms with E-state index in [0.717, 1.165) is 12.0 Å². The van der Waals surface area contributed by atoms with Gasteiger partial charge in [-0.1, -0.05) is 49.1 Å². The normalized spacial score (nSPS) is 11.4. The molecule has 0 N–H and O–H groups in total. The lowest BCUT2D eigenvalue weighted by Crippen LogP contribution is -1.93. The Hall–Kier alpha value is -2.07. The van der Waals surface area contributed by atoms with E-state index in [0.29, 0.717) is 5.92 Å². The van der Waals surface area contributed by atoms with Crippen LogP contribution in [0.1, 0.15) is 30.4 Å². The number of hydrogen-bond acceptors (Lipinski definition) is 1. The molecule has 0 fully saturated rings. The standard InChI is InChI=1S/C16H15N/c1-2-15(16-8-4-3-5-9-16)11-10-14-7-6-12-17-13-14/h3-9,12-13,15H,2H2,1H3/t15-/m1/s1. The van der Waals surface area contributed by atoms with Crippen molar-refractivity contribution in [1.29, 1.82) is 0 Å². The minimum atomic E-state index is 0.302. The van der Waals surface area contributed by atoms with Gasteiger partial charge < -0.3 is 0 Å². The van der Waals surface area contributed by atoms with Gasteiger partial charge in [0.25, 0.3) is 0 Å². The molecule has 2 aromatic rings. The van der Waals surface area contributed by atoms with Gasteiger partial charge in [-0.15, -0.1) is 0 Å². The van der Waals surface area contributed by atoms with Crippen molar-refractivity contribution in [3.63, 3.8) is 0 Å². The van der Waals surface area contributed by atoms with Crippen molar-refractivity contribution in [2.24, 2.45) is 0 Å². The van der Waals surface area contributed by atoms with Gasteiger partial charge in [-0.05, 0) is 24.1 Å². The molecular weight excluding hydrogens is 206 g/mol. The monoisotopic (exact) mass is 221 g/mol. The first-order valence-electron chi connectivity index (χ1n) is 5.86. The molecule has 0 aliphatic carbocycles. The molecule has 84 valence electrons. The zero-order valence-electron chi connectivity index (χ0n) is 9.93. The summed E-state index contributed by atoms with van der Waals surface area (Å²) in [7, 11) is 0. The molecule has 1 heteroatoms. The molecule has 1 aromatic carbocycles. The number of aromatic nitrogens is 1. The third-order valence-corrected chi connectivity index (χ3v) is 2.66. The molecule has 2 rings (SSSR count). The van der Waals surface area contributed by atoms with Crippen LogP contribution in [0.2, 0.25) is 0 Å². The molecule has 0 aliphatic heterocycles. The number of pyridine rings is 1. The third-order valence-electron chi connectivity index (χ3n) is 2.66. The van der Waals surface area contributed by atoms with Crippen LogP contribution in [0.25, 0.3) is 0 Å². The average Bonchev–Trinajstić information content (AvgIpc) is 2.42. The SMILES string of the molecule is CC[C@H](C#Cc1cccnc1)c1ccccc1. The molecule has 1 nitrogen and oxygen atoms in total. The van der Waals surface area contributed by atoms with Gasteiger partial charge in [0.05, 0.1) is 0 Å². The van der Waals surface area contributed by atoms with Crippen LogP contribution in [0.15, 0.2) is 54.9 Å². The predicted molar refractivity (Wildman–Crippen MR) is 70.6 cm³/mol. The van der Waals surface area contributed by atoms with Crippen molar-refractivity contribution in [2.75, 3.05) is 0 Å². The molecule has 0 aliphatic rings. The van der Waals surface area contributed by atoms with Crippen LogP contribution >= 0.6 is 0 Å². The second-order valence-electron chi connectivity index (χ2n) is 3.88. The Labute approximate surface area is 103 Å². The van der Waals surface area contributed by atoms with E-state index in [1.165, 1.54) is 5.56 Å². The summed E-state index contributed by atoms with van der Waals surface area (Å²) in [5.74, 6) is 6.80. The maximum absolute atomic E-state index is 4.06. The Morgan fingerprint density at radius 1 is 1.12 bits per heavy atom. The molecule has 0 saturated carbocycles. The smallest absolute Gasteiger partial charge is 0.0453 e. The molecule has 1 heterocycles. The van der Waals surface area contributed by atoms with Gasteiger partial charge in [-0.25, -0.2) is 0 Å². The van der Waals surface area contributed by atoms with Crippen LogP contribution in [0, 0.1) is 11.8 Å². The van der Waals surface area contributed by atoms with E-state index in [1.807, 2.05) is 18.2 Å². The van der Waals surface area contributed by atoms with E-state index < -0.39 is 0 Å². The van der Waals surface area contributed by atoms with Crippen LogP contribution in [-0.4, -0.2) is 4.98 Å². The largest absolute Gasteiger partial charge is 0.263 e. The number of nitrogens with zero attached hydrogens (tertiary/aromatic N) is 1. The molecule has 0 spiro atoms. The maximum atomic E-state index is 4.06. The van der Waals surface area contributed by atoms with Gasteiger partial charge in [-0.3, -0.25) is 4.98 Å². The van der Waals surface area contributed by atoms with Crippen molar-refractivity contribution >= 4 is 0 Å². The lowest BCUT2D eigenvalue weighted by atomic mass is 9.97. The lowest BCUT2D eigenvalue weighted by Gasteiger charge is -2.07. The summed E-state index contributed by atoms with van der Waals surface area (Å²) in [6, 6.07) is 14.3. The first-order valence-corrected chi connectivity index (χ1v) is 5.86. The van der Waals surface area contributed by atoms with Crippen molar-refractivity contribution in [3.8, 4) is 11.8 Å². The highest BCUT2D eigenvalue weighted by atomic mass is 14.6. The van der Waals surface area contributed by atoms with Gasteiger partial charge in [0, 0.05) is 23.9 Å². The van der Waals surface area contributed by atoms with E-state index in [9.17, 15) is 0 Å². The highest BCUT2D eigenvalue weighted by Crippen LogP contribution is 2.17. The Balaban J connectivity index is 2.20. The maximum Gasteiger partial charge on any atom is 0.0453 e.